The summed E-state index contributed by atoms with van der Waals surface area (Å²) in [5, 5.41) is 3.24. The van der Waals surface area contributed by atoms with Crippen molar-refractivity contribution in [3.05, 3.63) is 54.7 Å². The number of aromatic nitrogens is 2. The number of hydrogen-bond donors (Lipinski definition) is 1. The molecule has 0 saturated heterocycles. The summed E-state index contributed by atoms with van der Waals surface area (Å²) >= 11 is 0. The summed E-state index contributed by atoms with van der Waals surface area (Å²) in [5.41, 5.74) is 1.66. The largest absolute Gasteiger partial charge is 0.327 e. The highest BCUT2D eigenvalue weighted by Gasteiger charge is 2.35. The zero-order valence-electron chi connectivity index (χ0n) is 13.1. The number of hydrogen-bond acceptors (Lipinski definition) is 2. The van der Waals surface area contributed by atoms with E-state index in [0.717, 1.165) is 17.8 Å². The fourth-order valence-corrected chi connectivity index (χ4v) is 3.33. The third-order valence-corrected chi connectivity index (χ3v) is 4.38. The van der Waals surface area contributed by atoms with Gasteiger partial charge in [-0.2, -0.15) is 0 Å². The summed E-state index contributed by atoms with van der Waals surface area (Å²) < 4.78 is 27.6. The van der Waals surface area contributed by atoms with Gasteiger partial charge >= 0.3 is 0 Å². The highest BCUT2D eigenvalue weighted by Crippen LogP contribution is 2.41. The number of alkyl halides is 2. The van der Waals surface area contributed by atoms with Crippen LogP contribution in [0.1, 0.15) is 36.9 Å². The molecule has 1 aromatic rings. The average Bonchev–Trinajstić information content (AvgIpc) is 2.89. The average molecular weight is 307 g/mol. The lowest BCUT2D eigenvalue weighted by Crippen LogP contribution is -2.35. The van der Waals surface area contributed by atoms with Crippen molar-refractivity contribution < 1.29 is 8.78 Å². The predicted molar refractivity (Wildman–Crippen MR) is 85.0 cm³/mol. The molecule has 1 aliphatic heterocycles. The Morgan fingerprint density at radius 3 is 2.82 bits per heavy atom. The standard InChI is InChI=1S/C17H23F2N3/c1-5-7-12(6-2)14-9-15(20-4)17-21-10-13(8-16(18)19)22(17)11(14)3/h5-7,10-11,14-16,20H,1-2,8-9H2,3-4H3/b12-7+. The zero-order chi connectivity index (χ0) is 16.3. The molecule has 3 unspecified atom stereocenters. The van der Waals surface area contributed by atoms with Crippen molar-refractivity contribution >= 4 is 0 Å². The Labute approximate surface area is 130 Å². The molecular weight excluding hydrogens is 284 g/mol. The van der Waals surface area contributed by atoms with Crippen LogP contribution in [0.25, 0.3) is 0 Å². The lowest BCUT2D eigenvalue weighted by Gasteiger charge is -2.37. The smallest absolute Gasteiger partial charge is 0.244 e. The van der Waals surface area contributed by atoms with Gasteiger partial charge in [-0.25, -0.2) is 13.8 Å². The van der Waals surface area contributed by atoms with Crippen LogP contribution in [0.4, 0.5) is 8.78 Å². The molecule has 0 aromatic carbocycles. The molecular formula is C17H23F2N3. The molecule has 1 aliphatic rings. The van der Waals surface area contributed by atoms with Crippen molar-refractivity contribution in [2.45, 2.75) is 38.3 Å². The molecule has 1 aromatic heterocycles. The van der Waals surface area contributed by atoms with Crippen LogP contribution in [0, 0.1) is 5.92 Å². The topological polar surface area (TPSA) is 29.9 Å². The molecule has 0 bridgehead atoms. The Morgan fingerprint density at radius 1 is 1.55 bits per heavy atom. The van der Waals surface area contributed by atoms with Gasteiger partial charge in [0.05, 0.1) is 12.5 Å². The van der Waals surface area contributed by atoms with Crippen molar-refractivity contribution in [2.75, 3.05) is 7.05 Å². The van der Waals surface area contributed by atoms with Crippen molar-refractivity contribution in [1.29, 1.82) is 0 Å². The summed E-state index contributed by atoms with van der Waals surface area (Å²) in [5.74, 6) is 1.02. The van der Waals surface area contributed by atoms with Gasteiger partial charge in [-0.3, -0.25) is 0 Å². The number of fused-ring (bicyclic) bond motifs is 1. The van der Waals surface area contributed by atoms with Crippen LogP contribution >= 0.6 is 0 Å². The first kappa shape index (κ1) is 16.6. The van der Waals surface area contributed by atoms with E-state index in [9.17, 15) is 8.78 Å². The van der Waals surface area contributed by atoms with Gasteiger partial charge in [-0.15, -0.1) is 0 Å². The van der Waals surface area contributed by atoms with Gasteiger partial charge in [0.15, 0.2) is 0 Å². The second-order valence-electron chi connectivity index (χ2n) is 5.60. The maximum Gasteiger partial charge on any atom is 0.244 e. The van der Waals surface area contributed by atoms with Crippen LogP contribution in [-0.2, 0) is 6.42 Å². The number of rotatable bonds is 6. The van der Waals surface area contributed by atoms with Crippen molar-refractivity contribution in [2.24, 2.45) is 5.92 Å². The lowest BCUT2D eigenvalue weighted by molar-refractivity contribution is 0.144. The number of halogens is 2. The first-order valence-electron chi connectivity index (χ1n) is 7.49. The zero-order valence-corrected chi connectivity index (χ0v) is 13.1. The van der Waals surface area contributed by atoms with Gasteiger partial charge < -0.3 is 9.88 Å². The highest BCUT2D eigenvalue weighted by atomic mass is 19.3. The van der Waals surface area contributed by atoms with Crippen molar-refractivity contribution in [1.82, 2.24) is 14.9 Å². The quantitative estimate of drug-likeness (QED) is 0.810. The summed E-state index contributed by atoms with van der Waals surface area (Å²) in [4.78, 5) is 4.38. The van der Waals surface area contributed by atoms with E-state index in [-0.39, 0.29) is 24.4 Å². The molecule has 3 nitrogen and oxygen atoms in total. The fourth-order valence-electron chi connectivity index (χ4n) is 3.33. The summed E-state index contributed by atoms with van der Waals surface area (Å²) in [6.45, 7) is 9.67. The summed E-state index contributed by atoms with van der Waals surface area (Å²) in [6, 6.07) is 0.0980. The van der Waals surface area contributed by atoms with Crippen LogP contribution in [0.15, 0.2) is 43.2 Å². The first-order valence-corrected chi connectivity index (χ1v) is 7.49. The van der Waals surface area contributed by atoms with Gasteiger partial charge in [0.1, 0.15) is 5.82 Å². The van der Waals surface area contributed by atoms with Crippen LogP contribution in [-0.4, -0.2) is 23.0 Å². The minimum absolute atomic E-state index is 0.0424. The molecule has 0 fully saturated rings. The lowest BCUT2D eigenvalue weighted by atomic mass is 9.82. The predicted octanol–water partition coefficient (Wildman–Crippen LogP) is 3.83. The Hall–Kier alpha value is -1.75. The molecule has 0 aliphatic carbocycles. The van der Waals surface area contributed by atoms with Crippen molar-refractivity contribution in [3.8, 4) is 0 Å². The molecule has 1 N–H and O–H groups in total. The maximum absolute atomic E-state index is 12.8. The Kier molecular flexibility index (Phi) is 5.29. The van der Waals surface area contributed by atoms with Crippen LogP contribution in [0.3, 0.4) is 0 Å². The molecule has 0 amide bonds. The second kappa shape index (κ2) is 7.01. The molecule has 3 atom stereocenters. The van der Waals surface area contributed by atoms with E-state index < -0.39 is 6.43 Å². The van der Waals surface area contributed by atoms with Gasteiger partial charge in [0.25, 0.3) is 0 Å². The summed E-state index contributed by atoms with van der Waals surface area (Å²) in [7, 11) is 1.87. The summed E-state index contributed by atoms with van der Waals surface area (Å²) in [6.07, 6.45) is 5.30. The van der Waals surface area contributed by atoms with E-state index in [2.05, 4.69) is 30.4 Å². The Morgan fingerprint density at radius 2 is 2.27 bits per heavy atom. The Balaban J connectivity index is 2.46. The Bertz CT molecular complexity index is 574. The molecule has 0 spiro atoms. The molecule has 22 heavy (non-hydrogen) atoms. The van der Waals surface area contributed by atoms with Crippen LogP contribution < -0.4 is 5.32 Å². The molecule has 0 saturated carbocycles. The molecule has 0 radical (unpaired) electrons. The first-order chi connectivity index (χ1) is 10.5. The SMILES string of the molecule is C=C/C=C(\C=C)C1CC(NC)c2ncc(CC(F)F)n2C1C. The third kappa shape index (κ3) is 3.04. The van der Waals surface area contributed by atoms with E-state index in [1.165, 1.54) is 0 Å². The monoisotopic (exact) mass is 307 g/mol. The van der Waals surface area contributed by atoms with Crippen molar-refractivity contribution in [3.63, 3.8) is 0 Å². The number of nitrogens with one attached hydrogen (secondary N) is 1. The van der Waals surface area contributed by atoms with E-state index in [1.54, 1.807) is 12.3 Å². The van der Waals surface area contributed by atoms with Crippen LogP contribution in [0.5, 0.6) is 0 Å². The molecule has 5 heteroatoms. The van der Waals surface area contributed by atoms with E-state index in [1.807, 2.05) is 23.8 Å². The van der Waals surface area contributed by atoms with Gasteiger partial charge in [-0.1, -0.05) is 31.4 Å². The van der Waals surface area contributed by atoms with Gasteiger partial charge in [0.2, 0.25) is 6.43 Å². The number of allylic oxidation sites excluding steroid dienone is 4. The highest BCUT2D eigenvalue weighted by molar-refractivity contribution is 5.28. The van der Waals surface area contributed by atoms with Gasteiger partial charge in [-0.05, 0) is 26.0 Å². The fraction of sp³-hybridized carbons (Fsp3) is 0.471. The molecule has 2 heterocycles. The van der Waals surface area contributed by atoms with E-state index in [0.29, 0.717) is 5.69 Å². The number of imidazole rings is 1. The number of nitrogens with zero attached hydrogens (tertiary/aromatic N) is 2. The van der Waals surface area contributed by atoms with E-state index in [4.69, 9.17) is 0 Å². The second-order valence-corrected chi connectivity index (χ2v) is 5.60. The van der Waals surface area contributed by atoms with E-state index >= 15 is 0 Å². The third-order valence-electron chi connectivity index (χ3n) is 4.38. The maximum atomic E-state index is 12.8. The van der Waals surface area contributed by atoms with Gasteiger partial charge in [0, 0.05) is 23.9 Å². The molecule has 2 rings (SSSR count). The minimum Gasteiger partial charge on any atom is -0.327 e. The molecule has 120 valence electrons. The minimum atomic E-state index is -2.37. The normalized spacial score (nSPS) is 25.1. The van der Waals surface area contributed by atoms with Crippen LogP contribution in [0.2, 0.25) is 0 Å².